The highest BCUT2D eigenvalue weighted by Crippen LogP contribution is 2.63. The highest BCUT2D eigenvalue weighted by atomic mass is 16.3. The highest BCUT2D eigenvalue weighted by molar-refractivity contribution is 6.06. The average molecular weight is 790 g/mol. The second kappa shape index (κ2) is 13.4. The molecular formula is C58H35N3O. The topological polar surface area (TPSA) is 51.8 Å². The van der Waals surface area contributed by atoms with Crippen molar-refractivity contribution in [3.8, 4) is 78.7 Å². The van der Waals surface area contributed by atoms with Crippen LogP contribution in [0.15, 0.2) is 217 Å². The van der Waals surface area contributed by atoms with Crippen LogP contribution in [-0.4, -0.2) is 15.0 Å². The van der Waals surface area contributed by atoms with E-state index >= 15 is 0 Å². The molecule has 2 heterocycles. The van der Waals surface area contributed by atoms with Crippen molar-refractivity contribution < 1.29 is 4.42 Å². The summed E-state index contributed by atoms with van der Waals surface area (Å²) < 4.78 is 6.26. The summed E-state index contributed by atoms with van der Waals surface area (Å²) in [5.74, 6) is 1.86. The van der Waals surface area contributed by atoms with E-state index in [1.807, 2.05) is 36.4 Å². The average Bonchev–Trinajstić information content (AvgIpc) is 3.98. The molecule has 288 valence electrons. The van der Waals surface area contributed by atoms with Gasteiger partial charge < -0.3 is 4.42 Å². The number of hydrogen-bond donors (Lipinski definition) is 0. The lowest BCUT2D eigenvalue weighted by Gasteiger charge is -2.30. The molecule has 0 saturated carbocycles. The van der Waals surface area contributed by atoms with Crippen molar-refractivity contribution in [1.29, 1.82) is 0 Å². The molecule has 13 rings (SSSR count). The largest absolute Gasteiger partial charge is 0.456 e. The van der Waals surface area contributed by atoms with Gasteiger partial charge in [0.1, 0.15) is 11.2 Å². The molecule has 4 nitrogen and oxygen atoms in total. The van der Waals surface area contributed by atoms with Crippen LogP contribution >= 0.6 is 0 Å². The molecular weight excluding hydrogens is 755 g/mol. The standard InChI is InChI=1S/C58H35N3O/c1-2-14-36(15-3-1)55-59-56(61-57(60-55)42-19-13-17-38(33-42)40-29-31-48-47-23-7-11-27-53(47)62-54(48)35-40)41-18-12-16-37(32-41)39-28-30-46-45-22-6-10-26-51(45)58(52(46)34-39)49-24-8-4-20-43(49)44-21-5-9-25-50(44)58/h1-35H. The van der Waals surface area contributed by atoms with E-state index in [2.05, 4.69) is 176 Å². The van der Waals surface area contributed by atoms with Crippen LogP contribution in [0.4, 0.5) is 0 Å². The Kier molecular flexibility index (Phi) is 7.49. The Morgan fingerprint density at radius 3 is 1.34 bits per heavy atom. The second-order valence-electron chi connectivity index (χ2n) is 16.3. The van der Waals surface area contributed by atoms with Crippen LogP contribution in [0.1, 0.15) is 22.3 Å². The van der Waals surface area contributed by atoms with E-state index in [1.54, 1.807) is 0 Å². The smallest absolute Gasteiger partial charge is 0.164 e. The molecule has 0 atom stereocenters. The van der Waals surface area contributed by atoms with Crippen molar-refractivity contribution in [3.05, 3.63) is 235 Å². The van der Waals surface area contributed by atoms with Gasteiger partial charge in [-0.3, -0.25) is 0 Å². The van der Waals surface area contributed by atoms with E-state index < -0.39 is 5.41 Å². The lowest BCUT2D eigenvalue weighted by Crippen LogP contribution is -2.25. The number of benzene rings is 9. The third kappa shape index (κ3) is 5.10. The molecule has 2 aromatic heterocycles. The molecule has 9 aromatic carbocycles. The van der Waals surface area contributed by atoms with Gasteiger partial charge in [0.25, 0.3) is 0 Å². The van der Waals surface area contributed by atoms with Gasteiger partial charge >= 0.3 is 0 Å². The summed E-state index contributed by atoms with van der Waals surface area (Å²) in [6.45, 7) is 0. The number of nitrogens with zero attached hydrogens (tertiary/aromatic N) is 3. The van der Waals surface area contributed by atoms with Gasteiger partial charge in [-0.25, -0.2) is 15.0 Å². The normalized spacial score (nSPS) is 13.0. The summed E-state index contributed by atoms with van der Waals surface area (Å²) in [7, 11) is 0. The van der Waals surface area contributed by atoms with Gasteiger partial charge in [0.2, 0.25) is 0 Å². The summed E-state index contributed by atoms with van der Waals surface area (Å²) in [4.78, 5) is 15.4. The molecule has 0 aliphatic heterocycles. The minimum atomic E-state index is -0.410. The third-order valence-electron chi connectivity index (χ3n) is 13.0. The Morgan fingerprint density at radius 2 is 0.710 bits per heavy atom. The quantitative estimate of drug-likeness (QED) is 0.174. The molecule has 0 amide bonds. The van der Waals surface area contributed by atoms with Gasteiger partial charge in [-0.2, -0.15) is 0 Å². The number of rotatable bonds is 5. The molecule has 0 N–H and O–H groups in total. The van der Waals surface area contributed by atoms with Gasteiger partial charge in [-0.05, 0) is 103 Å². The van der Waals surface area contributed by atoms with E-state index in [0.29, 0.717) is 17.5 Å². The molecule has 0 fully saturated rings. The zero-order valence-electron chi connectivity index (χ0n) is 33.5. The Hall–Kier alpha value is -8.21. The van der Waals surface area contributed by atoms with Crippen molar-refractivity contribution in [1.82, 2.24) is 15.0 Å². The van der Waals surface area contributed by atoms with Crippen molar-refractivity contribution in [3.63, 3.8) is 0 Å². The molecule has 0 saturated heterocycles. The van der Waals surface area contributed by atoms with Crippen molar-refractivity contribution in [2.75, 3.05) is 0 Å². The summed E-state index contributed by atoms with van der Waals surface area (Å²) in [5.41, 5.74) is 19.0. The van der Waals surface area contributed by atoms with Gasteiger partial charge in [0.05, 0.1) is 5.41 Å². The molecule has 2 aliphatic rings. The van der Waals surface area contributed by atoms with E-state index in [4.69, 9.17) is 19.4 Å². The zero-order chi connectivity index (χ0) is 40.8. The molecule has 1 spiro atoms. The highest BCUT2D eigenvalue weighted by Gasteiger charge is 2.51. The van der Waals surface area contributed by atoms with Gasteiger partial charge in [0.15, 0.2) is 17.5 Å². The number of furan rings is 1. The monoisotopic (exact) mass is 789 g/mol. The van der Waals surface area contributed by atoms with Crippen LogP contribution in [0.5, 0.6) is 0 Å². The fourth-order valence-electron chi connectivity index (χ4n) is 10.2. The van der Waals surface area contributed by atoms with Crippen LogP contribution in [0.2, 0.25) is 0 Å². The van der Waals surface area contributed by atoms with Crippen molar-refractivity contribution in [2.24, 2.45) is 0 Å². The predicted molar refractivity (Wildman–Crippen MR) is 251 cm³/mol. The minimum absolute atomic E-state index is 0.410. The van der Waals surface area contributed by atoms with Crippen LogP contribution in [0, 0.1) is 0 Å². The lowest BCUT2D eigenvalue weighted by molar-refractivity contribution is 0.669. The fourth-order valence-corrected chi connectivity index (χ4v) is 10.2. The maximum absolute atomic E-state index is 6.26. The summed E-state index contributed by atoms with van der Waals surface area (Å²) in [6.07, 6.45) is 0. The Morgan fingerprint density at radius 1 is 0.274 bits per heavy atom. The minimum Gasteiger partial charge on any atom is -0.456 e. The molecule has 62 heavy (non-hydrogen) atoms. The van der Waals surface area contributed by atoms with E-state index in [1.165, 1.54) is 44.5 Å². The van der Waals surface area contributed by atoms with Crippen LogP contribution in [-0.2, 0) is 5.41 Å². The maximum Gasteiger partial charge on any atom is 0.164 e. The van der Waals surface area contributed by atoms with Crippen LogP contribution in [0.25, 0.3) is 101 Å². The Labute approximate surface area is 358 Å². The SMILES string of the molecule is c1ccc(-c2nc(-c3cccc(-c4ccc5c(c4)C4(c6ccccc6-c6ccccc64)c4ccccc4-5)c3)nc(-c3cccc(-c4ccc5c(c4)oc4ccccc45)c3)n2)cc1. The van der Waals surface area contributed by atoms with E-state index in [-0.39, 0.29) is 0 Å². The predicted octanol–water partition coefficient (Wildman–Crippen LogP) is 14.4. The van der Waals surface area contributed by atoms with Gasteiger partial charge in [0, 0.05) is 27.5 Å². The number of para-hydroxylation sites is 1. The zero-order valence-corrected chi connectivity index (χ0v) is 33.5. The van der Waals surface area contributed by atoms with Crippen molar-refractivity contribution in [2.45, 2.75) is 5.41 Å². The molecule has 0 unspecified atom stereocenters. The molecule has 0 radical (unpaired) electrons. The first-order chi connectivity index (χ1) is 30.7. The molecule has 0 bridgehead atoms. The maximum atomic E-state index is 6.26. The number of aromatic nitrogens is 3. The van der Waals surface area contributed by atoms with Crippen molar-refractivity contribution >= 4 is 21.9 Å². The Bertz CT molecular complexity index is 3540. The van der Waals surface area contributed by atoms with Crippen LogP contribution < -0.4 is 0 Å². The second-order valence-corrected chi connectivity index (χ2v) is 16.3. The third-order valence-corrected chi connectivity index (χ3v) is 13.0. The summed E-state index contributed by atoms with van der Waals surface area (Å²) in [5, 5.41) is 2.23. The first kappa shape index (κ1) is 34.6. The number of fused-ring (bicyclic) bond motifs is 13. The molecule has 4 heteroatoms. The van der Waals surface area contributed by atoms with E-state index in [9.17, 15) is 0 Å². The summed E-state index contributed by atoms with van der Waals surface area (Å²) in [6, 6.07) is 75.7. The molecule has 11 aromatic rings. The number of hydrogen-bond acceptors (Lipinski definition) is 4. The fraction of sp³-hybridized carbons (Fsp3) is 0.0172. The lowest BCUT2D eigenvalue weighted by atomic mass is 9.70. The summed E-state index contributed by atoms with van der Waals surface area (Å²) >= 11 is 0. The first-order valence-corrected chi connectivity index (χ1v) is 21.1. The van der Waals surface area contributed by atoms with Crippen LogP contribution in [0.3, 0.4) is 0 Å². The van der Waals surface area contributed by atoms with E-state index in [0.717, 1.165) is 60.9 Å². The van der Waals surface area contributed by atoms with Gasteiger partial charge in [-0.1, -0.05) is 176 Å². The van der Waals surface area contributed by atoms with Gasteiger partial charge in [-0.15, -0.1) is 0 Å². The molecule has 2 aliphatic carbocycles. The first-order valence-electron chi connectivity index (χ1n) is 21.1. The Balaban J connectivity index is 0.934.